The highest BCUT2D eigenvalue weighted by Crippen LogP contribution is 2.18. The fourth-order valence-electron chi connectivity index (χ4n) is 1.70. The fourth-order valence-corrected chi connectivity index (χ4v) is 1.70. The summed E-state index contributed by atoms with van der Waals surface area (Å²) in [6.07, 6.45) is 4.17. The Kier molecular flexibility index (Phi) is 1.36. The lowest BCUT2D eigenvalue weighted by Crippen LogP contribution is -2.34. The van der Waals surface area contributed by atoms with Crippen molar-refractivity contribution < 1.29 is 4.79 Å². The third kappa shape index (κ3) is 0.923. The number of carbonyl (C=O) groups is 1. The Morgan fingerprint density at radius 2 is 2.14 bits per heavy atom. The van der Waals surface area contributed by atoms with Crippen molar-refractivity contribution in [1.82, 2.24) is 4.90 Å². The van der Waals surface area contributed by atoms with Gasteiger partial charge in [-0.3, -0.25) is 9.69 Å². The van der Waals surface area contributed by atoms with Crippen LogP contribution in [0, 0.1) is 0 Å². The Bertz CT molecular complexity index is 557. The number of hydrogen-bond donors (Lipinski definition) is 0. The first-order chi connectivity index (χ1) is 6.84. The quantitative estimate of drug-likeness (QED) is 0.564. The first-order valence-corrected chi connectivity index (χ1v) is 4.52. The van der Waals surface area contributed by atoms with Crippen LogP contribution in [0.5, 0.6) is 0 Å². The summed E-state index contributed by atoms with van der Waals surface area (Å²) in [5.41, 5.74) is 0. The molecule has 2 aliphatic rings. The molecule has 0 aliphatic carbocycles. The number of amides is 1. The van der Waals surface area contributed by atoms with Gasteiger partial charge in [-0.2, -0.15) is 0 Å². The van der Waals surface area contributed by atoms with E-state index in [0.717, 1.165) is 16.4 Å². The Labute approximate surface area is 80.7 Å². The molecule has 1 aromatic carbocycles. The molecule has 3 nitrogen and oxygen atoms in total. The number of hydrogen-bond acceptors (Lipinski definition) is 2. The van der Waals surface area contributed by atoms with E-state index in [1.165, 1.54) is 0 Å². The molecule has 0 saturated carbocycles. The summed E-state index contributed by atoms with van der Waals surface area (Å²) in [5, 5.41) is 1.93. The molecule has 0 spiro atoms. The van der Waals surface area contributed by atoms with Crippen molar-refractivity contribution in [2.24, 2.45) is 4.99 Å². The van der Waals surface area contributed by atoms with Crippen LogP contribution < -0.4 is 10.6 Å². The molecular weight excluding hydrogens is 176 g/mol. The molecule has 1 amide bonds. The standard InChI is InChI=1S/C11H8N2O/c14-11-6-5-10-12-9-4-2-1-3-8(9)7-13(10)11/h1-5,7H,6H2. The highest BCUT2D eigenvalue weighted by atomic mass is 16.2. The van der Waals surface area contributed by atoms with E-state index in [1.54, 1.807) is 4.90 Å². The number of nitrogens with zero attached hydrogens (tertiary/aromatic N) is 2. The van der Waals surface area contributed by atoms with E-state index < -0.39 is 0 Å². The summed E-state index contributed by atoms with van der Waals surface area (Å²) < 4.78 is 0. The Balaban J connectivity index is 2.33. The zero-order valence-electron chi connectivity index (χ0n) is 7.47. The first-order valence-electron chi connectivity index (χ1n) is 4.52. The van der Waals surface area contributed by atoms with Crippen LogP contribution >= 0.6 is 0 Å². The molecule has 0 bridgehead atoms. The maximum Gasteiger partial charge on any atom is 0.236 e. The maximum atomic E-state index is 11.4. The largest absolute Gasteiger partial charge is 0.274 e. The van der Waals surface area contributed by atoms with Gasteiger partial charge in [0.25, 0.3) is 0 Å². The topological polar surface area (TPSA) is 32.7 Å². The molecule has 0 fully saturated rings. The maximum absolute atomic E-state index is 11.4. The second kappa shape index (κ2) is 2.54. The van der Waals surface area contributed by atoms with E-state index in [1.807, 2.05) is 36.5 Å². The highest BCUT2D eigenvalue weighted by Gasteiger charge is 2.22. The molecule has 68 valence electrons. The lowest BCUT2D eigenvalue weighted by Gasteiger charge is -2.15. The summed E-state index contributed by atoms with van der Waals surface area (Å²) in [6, 6.07) is 7.80. The molecule has 0 unspecified atom stereocenters. The van der Waals surface area contributed by atoms with Gasteiger partial charge in [-0.1, -0.05) is 18.2 Å². The van der Waals surface area contributed by atoms with E-state index in [0.29, 0.717) is 6.42 Å². The summed E-state index contributed by atoms with van der Waals surface area (Å²) in [5.74, 6) is 0.854. The molecule has 14 heavy (non-hydrogen) atoms. The van der Waals surface area contributed by atoms with Crippen molar-refractivity contribution in [2.75, 3.05) is 0 Å². The molecule has 0 saturated heterocycles. The van der Waals surface area contributed by atoms with Crippen molar-refractivity contribution in [3.8, 4) is 0 Å². The Morgan fingerprint density at radius 1 is 1.29 bits per heavy atom. The smallest absolute Gasteiger partial charge is 0.236 e. The number of benzene rings is 1. The molecule has 2 heterocycles. The van der Waals surface area contributed by atoms with Crippen molar-refractivity contribution in [3.63, 3.8) is 0 Å². The van der Waals surface area contributed by atoms with E-state index in [2.05, 4.69) is 4.99 Å². The van der Waals surface area contributed by atoms with Gasteiger partial charge >= 0.3 is 0 Å². The second-order valence-corrected chi connectivity index (χ2v) is 3.33. The Morgan fingerprint density at radius 3 is 3.07 bits per heavy atom. The van der Waals surface area contributed by atoms with Gasteiger partial charge in [-0.05, 0) is 12.1 Å². The van der Waals surface area contributed by atoms with Gasteiger partial charge in [0.15, 0.2) is 0 Å². The van der Waals surface area contributed by atoms with Crippen LogP contribution in [-0.2, 0) is 4.79 Å². The fraction of sp³-hybridized carbons (Fsp3) is 0.0909. The Hall–Kier alpha value is -1.90. The first kappa shape index (κ1) is 7.50. The zero-order valence-corrected chi connectivity index (χ0v) is 7.47. The van der Waals surface area contributed by atoms with Crippen molar-refractivity contribution in [2.45, 2.75) is 6.42 Å². The lowest BCUT2D eigenvalue weighted by atomic mass is 10.2. The van der Waals surface area contributed by atoms with Crippen LogP contribution in [0.2, 0.25) is 0 Å². The third-order valence-corrected chi connectivity index (χ3v) is 2.41. The number of para-hydroxylation sites is 1. The molecule has 0 radical (unpaired) electrons. The lowest BCUT2D eigenvalue weighted by molar-refractivity contribution is -0.124. The van der Waals surface area contributed by atoms with E-state index in [-0.39, 0.29) is 5.91 Å². The van der Waals surface area contributed by atoms with E-state index in [9.17, 15) is 4.79 Å². The average molecular weight is 184 g/mol. The normalized spacial score (nSPS) is 17.9. The predicted octanol–water partition coefficient (Wildman–Crippen LogP) is 0.131. The summed E-state index contributed by atoms with van der Waals surface area (Å²) in [7, 11) is 0. The monoisotopic (exact) mass is 184 g/mol. The third-order valence-electron chi connectivity index (χ3n) is 2.41. The van der Waals surface area contributed by atoms with E-state index in [4.69, 9.17) is 0 Å². The summed E-state index contributed by atoms with van der Waals surface area (Å²) >= 11 is 0. The van der Waals surface area contributed by atoms with Gasteiger partial charge in [-0.25, -0.2) is 4.99 Å². The highest BCUT2D eigenvalue weighted by molar-refractivity contribution is 5.86. The molecule has 2 aliphatic heterocycles. The second-order valence-electron chi connectivity index (χ2n) is 3.33. The molecule has 0 N–H and O–H groups in total. The summed E-state index contributed by atoms with van der Waals surface area (Å²) in [4.78, 5) is 17.4. The minimum absolute atomic E-state index is 0.0956. The van der Waals surface area contributed by atoms with E-state index >= 15 is 0 Å². The molecule has 1 aromatic rings. The minimum Gasteiger partial charge on any atom is -0.274 e. The molecule has 3 heteroatoms. The summed E-state index contributed by atoms with van der Waals surface area (Å²) in [6.45, 7) is 0. The SMILES string of the molecule is O=C1CC=C2N=c3ccccc3=CN12. The van der Waals surface area contributed by atoms with Crippen molar-refractivity contribution in [3.05, 3.63) is 46.7 Å². The van der Waals surface area contributed by atoms with Crippen LogP contribution in [0.1, 0.15) is 6.42 Å². The molecule has 0 aromatic heterocycles. The van der Waals surface area contributed by atoms with Crippen LogP contribution in [0.25, 0.3) is 6.20 Å². The molecular formula is C11H8N2O. The average Bonchev–Trinajstić information content (AvgIpc) is 2.57. The predicted molar refractivity (Wildman–Crippen MR) is 51.2 cm³/mol. The van der Waals surface area contributed by atoms with Gasteiger partial charge in [0.05, 0.1) is 5.36 Å². The van der Waals surface area contributed by atoms with Crippen molar-refractivity contribution in [1.29, 1.82) is 0 Å². The van der Waals surface area contributed by atoms with Gasteiger partial charge in [-0.15, -0.1) is 0 Å². The number of rotatable bonds is 0. The van der Waals surface area contributed by atoms with Gasteiger partial charge in [0, 0.05) is 17.8 Å². The van der Waals surface area contributed by atoms with Gasteiger partial charge < -0.3 is 0 Å². The van der Waals surface area contributed by atoms with Crippen LogP contribution in [-0.4, -0.2) is 10.8 Å². The van der Waals surface area contributed by atoms with Gasteiger partial charge in [0.2, 0.25) is 5.91 Å². The van der Waals surface area contributed by atoms with Gasteiger partial charge in [0.1, 0.15) is 5.82 Å². The number of carbonyl (C=O) groups excluding carboxylic acids is 1. The number of fused-ring (bicyclic) bond motifs is 2. The molecule has 0 atom stereocenters. The van der Waals surface area contributed by atoms with Crippen LogP contribution in [0.15, 0.2) is 41.2 Å². The van der Waals surface area contributed by atoms with Crippen molar-refractivity contribution >= 4 is 12.1 Å². The zero-order chi connectivity index (χ0) is 9.54. The van der Waals surface area contributed by atoms with Crippen LogP contribution in [0.4, 0.5) is 0 Å². The van der Waals surface area contributed by atoms with Crippen LogP contribution in [0.3, 0.4) is 0 Å². The molecule has 3 rings (SSSR count). The minimum atomic E-state index is 0.0956.